The lowest BCUT2D eigenvalue weighted by Crippen LogP contribution is -2.22. The van der Waals surface area contributed by atoms with Gasteiger partial charge in [0, 0.05) is 52.1 Å². The topological polar surface area (TPSA) is 112 Å². The first-order valence-corrected chi connectivity index (χ1v) is 11.8. The quantitative estimate of drug-likeness (QED) is 0.467. The number of hydrogen-bond acceptors (Lipinski definition) is 7. The summed E-state index contributed by atoms with van der Waals surface area (Å²) in [6, 6.07) is 12.5. The number of ether oxygens (including phenoxy) is 3. The van der Waals surface area contributed by atoms with Gasteiger partial charge in [0.05, 0.1) is 11.5 Å². The Kier molecular flexibility index (Phi) is 7.92. The minimum Gasteiger partial charge on any atom is -0.488 e. The summed E-state index contributed by atoms with van der Waals surface area (Å²) in [4.78, 5) is 13.0. The standard InChI is InChI=1S/C23H28N4O6S/c1-16(15-31-5)32-19-12-17(23(28)24-22-10-11-27(4)25-22)13-20(14-19)33-18-6-8-21(9-7-18)34(29,30)26(2)3/h6-14,16H,15H2,1-5H3,(H,24,25,28)/t16-/m0/s1. The fourth-order valence-electron chi connectivity index (χ4n) is 3.03. The zero-order valence-corrected chi connectivity index (χ0v) is 20.5. The summed E-state index contributed by atoms with van der Waals surface area (Å²) in [5.74, 6) is 1.18. The normalized spacial score (nSPS) is 12.4. The van der Waals surface area contributed by atoms with Gasteiger partial charge in [0.2, 0.25) is 10.0 Å². The fourth-order valence-corrected chi connectivity index (χ4v) is 3.93. The highest BCUT2D eigenvalue weighted by Crippen LogP contribution is 2.29. The lowest BCUT2D eigenvalue weighted by atomic mass is 10.2. The van der Waals surface area contributed by atoms with E-state index in [9.17, 15) is 13.2 Å². The van der Waals surface area contributed by atoms with Crippen molar-refractivity contribution in [2.24, 2.45) is 7.05 Å². The molecule has 1 heterocycles. The molecule has 1 amide bonds. The predicted octanol–water partition coefficient (Wildman–Crippen LogP) is 3.13. The van der Waals surface area contributed by atoms with Gasteiger partial charge in [-0.3, -0.25) is 9.48 Å². The predicted molar refractivity (Wildman–Crippen MR) is 127 cm³/mol. The number of aromatic nitrogens is 2. The number of carbonyl (C=O) groups is 1. The van der Waals surface area contributed by atoms with Crippen LogP contribution in [0.1, 0.15) is 17.3 Å². The fraction of sp³-hybridized carbons (Fsp3) is 0.304. The number of aryl methyl sites for hydroxylation is 1. The Hall–Kier alpha value is -3.41. The first-order valence-electron chi connectivity index (χ1n) is 10.4. The molecule has 34 heavy (non-hydrogen) atoms. The van der Waals surface area contributed by atoms with Crippen LogP contribution >= 0.6 is 0 Å². The van der Waals surface area contributed by atoms with Crippen LogP contribution in [0.3, 0.4) is 0 Å². The SMILES string of the molecule is COC[C@H](C)Oc1cc(Oc2ccc(S(=O)(=O)N(C)C)cc2)cc(C(=O)Nc2ccn(C)n2)c1. The third-order valence-corrected chi connectivity index (χ3v) is 6.50. The number of amides is 1. The number of benzene rings is 2. The smallest absolute Gasteiger partial charge is 0.257 e. The monoisotopic (exact) mass is 488 g/mol. The highest BCUT2D eigenvalue weighted by atomic mass is 32.2. The second-order valence-electron chi connectivity index (χ2n) is 7.77. The van der Waals surface area contributed by atoms with Gasteiger partial charge in [-0.25, -0.2) is 12.7 Å². The van der Waals surface area contributed by atoms with Crippen LogP contribution in [0.25, 0.3) is 0 Å². The molecule has 0 unspecified atom stereocenters. The van der Waals surface area contributed by atoms with Crippen LogP contribution in [-0.2, 0) is 21.8 Å². The summed E-state index contributed by atoms with van der Waals surface area (Å²) < 4.78 is 44.2. The van der Waals surface area contributed by atoms with E-state index in [0.717, 1.165) is 4.31 Å². The lowest BCUT2D eigenvalue weighted by Gasteiger charge is -2.16. The van der Waals surface area contributed by atoms with E-state index in [1.165, 1.54) is 26.2 Å². The van der Waals surface area contributed by atoms with E-state index in [-0.39, 0.29) is 16.9 Å². The minimum atomic E-state index is -3.55. The maximum atomic E-state index is 12.8. The third-order valence-electron chi connectivity index (χ3n) is 4.67. The van der Waals surface area contributed by atoms with Crippen molar-refractivity contribution in [2.45, 2.75) is 17.9 Å². The second-order valence-corrected chi connectivity index (χ2v) is 9.92. The molecule has 0 fully saturated rings. The molecule has 0 aliphatic heterocycles. The molecule has 1 aromatic heterocycles. The van der Waals surface area contributed by atoms with Crippen molar-refractivity contribution in [3.05, 3.63) is 60.3 Å². The zero-order chi connectivity index (χ0) is 24.9. The van der Waals surface area contributed by atoms with Crippen LogP contribution in [-0.4, -0.2) is 62.3 Å². The summed E-state index contributed by atoms with van der Waals surface area (Å²) in [6.07, 6.45) is 1.46. The number of sulfonamides is 1. The maximum absolute atomic E-state index is 12.8. The van der Waals surface area contributed by atoms with E-state index in [1.807, 2.05) is 6.92 Å². The number of hydrogen-bond donors (Lipinski definition) is 1. The van der Waals surface area contributed by atoms with E-state index in [1.54, 1.807) is 61.4 Å². The summed E-state index contributed by atoms with van der Waals surface area (Å²) in [5.41, 5.74) is 0.301. The van der Waals surface area contributed by atoms with E-state index >= 15 is 0 Å². The molecule has 0 aliphatic carbocycles. The molecule has 10 nitrogen and oxygen atoms in total. The van der Waals surface area contributed by atoms with E-state index < -0.39 is 10.0 Å². The molecule has 182 valence electrons. The molecule has 0 bridgehead atoms. The van der Waals surface area contributed by atoms with Gasteiger partial charge in [0.25, 0.3) is 5.91 Å². The number of rotatable bonds is 10. The highest BCUT2D eigenvalue weighted by molar-refractivity contribution is 7.89. The second kappa shape index (κ2) is 10.7. The number of methoxy groups -OCH3 is 1. The molecule has 3 rings (SSSR count). The van der Waals surface area contributed by atoms with Gasteiger partial charge in [-0.05, 0) is 43.3 Å². The minimum absolute atomic E-state index is 0.144. The maximum Gasteiger partial charge on any atom is 0.257 e. The van der Waals surface area contributed by atoms with Crippen LogP contribution in [0.2, 0.25) is 0 Å². The van der Waals surface area contributed by atoms with Crippen LogP contribution in [0.15, 0.2) is 59.6 Å². The Balaban J connectivity index is 1.87. The first-order chi connectivity index (χ1) is 16.1. The average Bonchev–Trinajstić information content (AvgIpc) is 3.18. The molecule has 0 saturated carbocycles. The van der Waals surface area contributed by atoms with Gasteiger partial charge in [-0.2, -0.15) is 5.10 Å². The Morgan fingerprint density at radius 3 is 2.35 bits per heavy atom. The van der Waals surface area contributed by atoms with Crippen molar-refractivity contribution < 1.29 is 27.4 Å². The Morgan fingerprint density at radius 1 is 1.09 bits per heavy atom. The number of nitrogens with zero attached hydrogens (tertiary/aromatic N) is 3. The van der Waals surface area contributed by atoms with Crippen LogP contribution in [0.4, 0.5) is 5.82 Å². The molecule has 0 radical (unpaired) electrons. The molecule has 0 aliphatic rings. The summed E-state index contributed by atoms with van der Waals surface area (Å²) >= 11 is 0. The zero-order valence-electron chi connectivity index (χ0n) is 19.7. The van der Waals surface area contributed by atoms with E-state index in [4.69, 9.17) is 14.2 Å². The van der Waals surface area contributed by atoms with Gasteiger partial charge in [-0.15, -0.1) is 0 Å². The van der Waals surface area contributed by atoms with Gasteiger partial charge >= 0.3 is 0 Å². The molecular weight excluding hydrogens is 460 g/mol. The molecule has 0 spiro atoms. The Bertz CT molecular complexity index is 1240. The summed E-state index contributed by atoms with van der Waals surface area (Å²) in [5, 5.41) is 6.89. The van der Waals surface area contributed by atoms with Crippen molar-refractivity contribution in [1.29, 1.82) is 0 Å². The van der Waals surface area contributed by atoms with Gasteiger partial charge in [0.15, 0.2) is 5.82 Å². The van der Waals surface area contributed by atoms with E-state index in [0.29, 0.717) is 35.2 Å². The van der Waals surface area contributed by atoms with Crippen molar-refractivity contribution in [3.63, 3.8) is 0 Å². The van der Waals surface area contributed by atoms with Crippen molar-refractivity contribution in [1.82, 2.24) is 14.1 Å². The third kappa shape index (κ3) is 6.34. The van der Waals surface area contributed by atoms with E-state index in [2.05, 4.69) is 10.4 Å². The van der Waals surface area contributed by atoms with Crippen molar-refractivity contribution in [3.8, 4) is 17.2 Å². The largest absolute Gasteiger partial charge is 0.488 e. The first kappa shape index (κ1) is 25.2. The highest BCUT2D eigenvalue weighted by Gasteiger charge is 2.18. The molecule has 3 aromatic rings. The van der Waals surface area contributed by atoms with Crippen molar-refractivity contribution >= 4 is 21.7 Å². The molecule has 1 N–H and O–H groups in total. The summed E-state index contributed by atoms with van der Waals surface area (Å²) in [6.45, 7) is 2.21. The van der Waals surface area contributed by atoms with Crippen LogP contribution in [0.5, 0.6) is 17.2 Å². The van der Waals surface area contributed by atoms with Crippen LogP contribution in [0, 0.1) is 0 Å². The number of nitrogens with one attached hydrogen (secondary N) is 1. The molecule has 1 atom stereocenters. The lowest BCUT2D eigenvalue weighted by molar-refractivity contribution is 0.0915. The Morgan fingerprint density at radius 2 is 1.76 bits per heavy atom. The van der Waals surface area contributed by atoms with Gasteiger partial charge < -0.3 is 19.5 Å². The van der Waals surface area contributed by atoms with Crippen LogP contribution < -0.4 is 14.8 Å². The number of anilines is 1. The molecular formula is C23H28N4O6S. The molecule has 2 aromatic carbocycles. The van der Waals surface area contributed by atoms with Gasteiger partial charge in [-0.1, -0.05) is 0 Å². The average molecular weight is 489 g/mol. The van der Waals surface area contributed by atoms with Gasteiger partial charge in [0.1, 0.15) is 23.4 Å². The Labute approximate surface area is 199 Å². The number of carbonyl (C=O) groups excluding carboxylic acids is 1. The summed E-state index contributed by atoms with van der Waals surface area (Å²) in [7, 11) is 2.71. The molecule has 0 saturated heterocycles. The van der Waals surface area contributed by atoms with Crippen molar-refractivity contribution in [2.75, 3.05) is 33.1 Å². The molecule has 11 heteroatoms.